The number of likely N-dealkylation sites (N-methyl/N-ethyl adjacent to an activating group) is 1. The Kier molecular flexibility index (Phi) is 9.11. The van der Waals surface area contributed by atoms with Crippen molar-refractivity contribution in [2.24, 2.45) is 5.92 Å². The highest BCUT2D eigenvalue weighted by atomic mass is 16.5. The van der Waals surface area contributed by atoms with Crippen molar-refractivity contribution in [3.05, 3.63) is 59.9 Å². The first kappa shape index (κ1) is 28.0. The van der Waals surface area contributed by atoms with Crippen LogP contribution in [0, 0.1) is 11.3 Å². The van der Waals surface area contributed by atoms with Crippen LogP contribution in [0.1, 0.15) is 29.9 Å². The fourth-order valence-electron chi connectivity index (χ4n) is 4.39. The highest BCUT2D eigenvalue weighted by Gasteiger charge is 2.23. The number of hydrogen-bond acceptors (Lipinski definition) is 9. The van der Waals surface area contributed by atoms with Gasteiger partial charge in [0.05, 0.1) is 19.8 Å². The third-order valence-corrected chi connectivity index (χ3v) is 6.65. The SMILES string of the molecule is COCCN(C)c1ccc(-c2cc(C(=O)O)nc(Nc3cccc(N4CCOCC4)c3)c2C(=N)C(C)C)cn1. The number of ether oxygens (including phenoxy) is 2. The second kappa shape index (κ2) is 12.7. The van der Waals surface area contributed by atoms with Crippen LogP contribution >= 0.6 is 0 Å². The summed E-state index contributed by atoms with van der Waals surface area (Å²) < 4.78 is 10.6. The zero-order valence-electron chi connectivity index (χ0n) is 22.9. The van der Waals surface area contributed by atoms with Gasteiger partial charge in [0, 0.05) is 68.2 Å². The van der Waals surface area contributed by atoms with Crippen molar-refractivity contribution >= 4 is 34.7 Å². The molecule has 0 radical (unpaired) electrons. The van der Waals surface area contributed by atoms with Gasteiger partial charge in [-0.3, -0.25) is 0 Å². The number of hydrogen-bond donors (Lipinski definition) is 3. The predicted octanol–water partition coefficient (Wildman–Crippen LogP) is 4.53. The van der Waals surface area contributed by atoms with Crippen molar-refractivity contribution < 1.29 is 19.4 Å². The van der Waals surface area contributed by atoms with Gasteiger partial charge in [-0.15, -0.1) is 0 Å². The van der Waals surface area contributed by atoms with Crippen molar-refractivity contribution in [1.82, 2.24) is 9.97 Å². The van der Waals surface area contributed by atoms with Crippen molar-refractivity contribution in [1.29, 1.82) is 5.41 Å². The standard InChI is InChI=1S/C29H36N6O4/c1-19(2)27(30)26-23(20-8-9-25(31-18-20)34(3)10-13-38-4)17-24(29(36)37)33-28(26)32-21-6-5-7-22(16-21)35-11-14-39-15-12-35/h5-9,16-19,30H,10-15H2,1-4H3,(H,32,33)(H,36,37). The molecule has 1 saturated heterocycles. The molecule has 1 aliphatic rings. The molecule has 2 aromatic heterocycles. The topological polar surface area (TPSA) is 124 Å². The van der Waals surface area contributed by atoms with Gasteiger partial charge in [0.25, 0.3) is 0 Å². The van der Waals surface area contributed by atoms with Crippen LogP contribution in [-0.2, 0) is 9.47 Å². The number of nitrogens with one attached hydrogen (secondary N) is 2. The van der Waals surface area contributed by atoms with E-state index in [1.54, 1.807) is 13.3 Å². The summed E-state index contributed by atoms with van der Waals surface area (Å²) in [5.41, 5.74) is 3.87. The molecule has 4 rings (SSSR count). The van der Waals surface area contributed by atoms with Gasteiger partial charge < -0.3 is 35.1 Å². The Balaban J connectivity index is 1.77. The number of aromatic nitrogens is 2. The number of morpholine rings is 1. The van der Waals surface area contributed by atoms with Gasteiger partial charge in [-0.1, -0.05) is 19.9 Å². The second-order valence-electron chi connectivity index (χ2n) is 9.75. The van der Waals surface area contributed by atoms with Gasteiger partial charge >= 0.3 is 5.97 Å². The summed E-state index contributed by atoms with van der Waals surface area (Å²) in [6.45, 7) is 8.08. The van der Waals surface area contributed by atoms with Crippen LogP contribution in [0.25, 0.3) is 11.1 Å². The molecule has 0 aliphatic carbocycles. The molecule has 0 unspecified atom stereocenters. The maximum absolute atomic E-state index is 12.1. The Morgan fingerprint density at radius 1 is 1.23 bits per heavy atom. The molecule has 206 valence electrons. The van der Waals surface area contributed by atoms with E-state index in [9.17, 15) is 9.90 Å². The molecular weight excluding hydrogens is 496 g/mol. The van der Waals surface area contributed by atoms with E-state index in [4.69, 9.17) is 14.9 Å². The van der Waals surface area contributed by atoms with Gasteiger partial charge in [-0.25, -0.2) is 14.8 Å². The van der Waals surface area contributed by atoms with E-state index in [-0.39, 0.29) is 11.6 Å². The Morgan fingerprint density at radius 3 is 2.64 bits per heavy atom. The summed E-state index contributed by atoms with van der Waals surface area (Å²) in [6.07, 6.45) is 1.71. The molecule has 39 heavy (non-hydrogen) atoms. The summed E-state index contributed by atoms with van der Waals surface area (Å²) >= 11 is 0. The van der Waals surface area contributed by atoms with Crippen LogP contribution in [0.2, 0.25) is 0 Å². The minimum Gasteiger partial charge on any atom is -0.477 e. The molecule has 1 fully saturated rings. The van der Waals surface area contributed by atoms with Gasteiger partial charge in [0.2, 0.25) is 0 Å². The number of carboxylic acid groups (broad SMARTS) is 1. The van der Waals surface area contributed by atoms with Crippen LogP contribution in [-0.4, -0.2) is 80.4 Å². The fourth-order valence-corrected chi connectivity index (χ4v) is 4.39. The molecule has 0 spiro atoms. The highest BCUT2D eigenvalue weighted by Crippen LogP contribution is 2.34. The summed E-state index contributed by atoms with van der Waals surface area (Å²) in [5.74, 6) is -0.173. The largest absolute Gasteiger partial charge is 0.477 e. The summed E-state index contributed by atoms with van der Waals surface area (Å²) in [6, 6.07) is 13.2. The molecule has 3 aromatic rings. The van der Waals surface area contributed by atoms with Crippen LogP contribution < -0.4 is 15.1 Å². The quantitative estimate of drug-likeness (QED) is 0.306. The lowest BCUT2D eigenvalue weighted by molar-refractivity contribution is 0.0690. The minimum absolute atomic E-state index is 0.113. The Labute approximate surface area is 229 Å². The molecular formula is C29H36N6O4. The Morgan fingerprint density at radius 2 is 2.00 bits per heavy atom. The number of rotatable bonds is 11. The van der Waals surface area contributed by atoms with Crippen molar-refractivity contribution in [2.75, 3.05) is 68.7 Å². The molecule has 0 saturated carbocycles. The summed E-state index contributed by atoms with van der Waals surface area (Å²) in [5, 5.41) is 22.2. The van der Waals surface area contributed by atoms with Crippen LogP contribution in [0.5, 0.6) is 0 Å². The maximum atomic E-state index is 12.1. The van der Waals surface area contributed by atoms with Gasteiger partial charge in [0.15, 0.2) is 5.69 Å². The predicted molar refractivity (Wildman–Crippen MR) is 154 cm³/mol. The number of nitrogens with zero attached hydrogens (tertiary/aromatic N) is 4. The zero-order chi connectivity index (χ0) is 27.9. The minimum atomic E-state index is -1.15. The number of pyridine rings is 2. The molecule has 3 N–H and O–H groups in total. The average Bonchev–Trinajstić information content (AvgIpc) is 2.95. The van der Waals surface area contributed by atoms with E-state index in [2.05, 4.69) is 20.2 Å². The van der Waals surface area contributed by atoms with Crippen LogP contribution in [0.3, 0.4) is 0 Å². The van der Waals surface area contributed by atoms with Crippen LogP contribution in [0.15, 0.2) is 48.7 Å². The summed E-state index contributed by atoms with van der Waals surface area (Å²) in [4.78, 5) is 25.4. The third kappa shape index (κ3) is 6.71. The molecule has 1 aromatic carbocycles. The van der Waals surface area contributed by atoms with E-state index in [1.165, 1.54) is 6.07 Å². The van der Waals surface area contributed by atoms with Crippen molar-refractivity contribution in [2.45, 2.75) is 13.8 Å². The van der Waals surface area contributed by atoms with Crippen LogP contribution in [0.4, 0.5) is 23.0 Å². The second-order valence-corrected chi connectivity index (χ2v) is 9.75. The molecule has 0 atom stereocenters. The van der Waals surface area contributed by atoms with E-state index in [0.29, 0.717) is 54.6 Å². The molecule has 10 nitrogen and oxygen atoms in total. The molecule has 0 amide bonds. The first-order chi connectivity index (χ1) is 18.8. The zero-order valence-corrected chi connectivity index (χ0v) is 22.9. The molecule has 10 heteroatoms. The van der Waals surface area contributed by atoms with Gasteiger partial charge in [-0.2, -0.15) is 0 Å². The number of anilines is 4. The lowest BCUT2D eigenvalue weighted by atomic mass is 9.92. The number of benzene rings is 1. The summed E-state index contributed by atoms with van der Waals surface area (Å²) in [7, 11) is 3.59. The van der Waals surface area contributed by atoms with Gasteiger partial charge in [0.1, 0.15) is 11.6 Å². The Hall–Kier alpha value is -4.02. The Bertz CT molecular complexity index is 1310. The highest BCUT2D eigenvalue weighted by molar-refractivity contribution is 6.10. The molecule has 1 aliphatic heterocycles. The fraction of sp³-hybridized carbons (Fsp3) is 0.379. The third-order valence-electron chi connectivity index (χ3n) is 6.65. The van der Waals surface area contributed by atoms with E-state index in [0.717, 1.165) is 30.3 Å². The number of aromatic carboxylic acids is 1. The number of carbonyl (C=O) groups is 1. The smallest absolute Gasteiger partial charge is 0.354 e. The molecule has 0 bridgehead atoms. The first-order valence-electron chi connectivity index (χ1n) is 13.0. The normalized spacial score (nSPS) is 13.4. The lowest BCUT2D eigenvalue weighted by Crippen LogP contribution is -2.36. The first-order valence-corrected chi connectivity index (χ1v) is 13.0. The molecule has 3 heterocycles. The van der Waals surface area contributed by atoms with E-state index in [1.807, 2.05) is 62.2 Å². The van der Waals surface area contributed by atoms with Crippen molar-refractivity contribution in [3.63, 3.8) is 0 Å². The van der Waals surface area contributed by atoms with Crippen molar-refractivity contribution in [3.8, 4) is 11.1 Å². The maximum Gasteiger partial charge on any atom is 0.354 e. The number of methoxy groups -OCH3 is 1. The lowest BCUT2D eigenvalue weighted by Gasteiger charge is -2.29. The van der Waals surface area contributed by atoms with E-state index >= 15 is 0 Å². The van der Waals surface area contributed by atoms with E-state index < -0.39 is 5.97 Å². The van der Waals surface area contributed by atoms with Gasteiger partial charge in [-0.05, 0) is 47.9 Å². The number of carboxylic acids is 1. The average molecular weight is 533 g/mol. The monoisotopic (exact) mass is 532 g/mol.